The summed E-state index contributed by atoms with van der Waals surface area (Å²) in [4.78, 5) is 12.4. The van der Waals surface area contributed by atoms with Crippen LogP contribution in [-0.4, -0.2) is 23.7 Å². The zero-order valence-electron chi connectivity index (χ0n) is 13.1. The van der Waals surface area contributed by atoms with E-state index in [-0.39, 0.29) is 17.8 Å². The van der Waals surface area contributed by atoms with Crippen molar-refractivity contribution in [3.63, 3.8) is 0 Å². The predicted octanol–water partition coefficient (Wildman–Crippen LogP) is 2.74. The standard InChI is InChI=1S/C17H19FN2O3/c1-11-8-15(23-20-11)17(6-7-17)16(21)19-10-12(2)22-14-5-3-4-13(18)9-14/h3-5,8-9,12H,6-7,10H2,1-2H3,(H,19,21). The van der Waals surface area contributed by atoms with Gasteiger partial charge in [0.2, 0.25) is 5.91 Å². The lowest BCUT2D eigenvalue weighted by Gasteiger charge is -2.17. The van der Waals surface area contributed by atoms with Crippen LogP contribution in [0.3, 0.4) is 0 Å². The highest BCUT2D eigenvalue weighted by atomic mass is 19.1. The minimum atomic E-state index is -0.583. The fourth-order valence-electron chi connectivity index (χ4n) is 2.52. The van der Waals surface area contributed by atoms with E-state index in [9.17, 15) is 9.18 Å². The van der Waals surface area contributed by atoms with Crippen LogP contribution in [0, 0.1) is 12.7 Å². The Kier molecular flexibility index (Phi) is 4.07. The zero-order chi connectivity index (χ0) is 16.4. The average Bonchev–Trinajstić information content (AvgIpc) is 3.21. The molecule has 1 heterocycles. The summed E-state index contributed by atoms with van der Waals surface area (Å²) in [6.45, 7) is 3.99. The molecule has 1 aliphatic carbocycles. The first-order chi connectivity index (χ1) is 11.0. The third-order valence-electron chi connectivity index (χ3n) is 3.97. The Morgan fingerprint density at radius 2 is 2.26 bits per heavy atom. The minimum absolute atomic E-state index is 0.0802. The van der Waals surface area contributed by atoms with Gasteiger partial charge in [-0.25, -0.2) is 4.39 Å². The van der Waals surface area contributed by atoms with Gasteiger partial charge in [-0.1, -0.05) is 11.2 Å². The molecule has 1 unspecified atom stereocenters. The van der Waals surface area contributed by atoms with E-state index in [1.165, 1.54) is 12.1 Å². The van der Waals surface area contributed by atoms with Crippen LogP contribution in [0.4, 0.5) is 4.39 Å². The maximum atomic E-state index is 13.1. The highest BCUT2D eigenvalue weighted by Gasteiger charge is 2.54. The molecule has 1 atom stereocenters. The van der Waals surface area contributed by atoms with E-state index in [1.807, 2.05) is 13.8 Å². The summed E-state index contributed by atoms with van der Waals surface area (Å²) >= 11 is 0. The summed E-state index contributed by atoms with van der Waals surface area (Å²) < 4.78 is 24.0. The molecule has 6 heteroatoms. The Morgan fingerprint density at radius 1 is 1.48 bits per heavy atom. The van der Waals surface area contributed by atoms with Crippen molar-refractivity contribution in [2.75, 3.05) is 6.54 Å². The molecular formula is C17H19FN2O3. The van der Waals surface area contributed by atoms with Gasteiger partial charge in [-0.2, -0.15) is 0 Å². The molecule has 2 aromatic rings. The number of aryl methyl sites for hydroxylation is 1. The third kappa shape index (κ3) is 3.36. The molecule has 1 saturated carbocycles. The van der Waals surface area contributed by atoms with Crippen LogP contribution in [0.1, 0.15) is 31.2 Å². The van der Waals surface area contributed by atoms with Gasteiger partial charge in [0.25, 0.3) is 0 Å². The van der Waals surface area contributed by atoms with Crippen molar-refractivity contribution in [2.45, 2.75) is 38.2 Å². The molecule has 0 radical (unpaired) electrons. The number of rotatable bonds is 6. The van der Waals surface area contributed by atoms with Crippen molar-refractivity contribution >= 4 is 5.91 Å². The normalized spacial score (nSPS) is 16.7. The predicted molar refractivity (Wildman–Crippen MR) is 81.7 cm³/mol. The molecule has 3 rings (SSSR count). The van der Waals surface area contributed by atoms with Crippen molar-refractivity contribution in [1.82, 2.24) is 10.5 Å². The van der Waals surface area contributed by atoms with Gasteiger partial charge in [0.15, 0.2) is 5.76 Å². The van der Waals surface area contributed by atoms with Gasteiger partial charge in [0, 0.05) is 12.1 Å². The lowest BCUT2D eigenvalue weighted by atomic mass is 10.0. The van der Waals surface area contributed by atoms with Crippen LogP contribution >= 0.6 is 0 Å². The van der Waals surface area contributed by atoms with Crippen LogP contribution in [-0.2, 0) is 10.2 Å². The molecule has 1 aliphatic rings. The number of benzene rings is 1. The fourth-order valence-corrected chi connectivity index (χ4v) is 2.52. The number of ether oxygens (including phenoxy) is 1. The first kappa shape index (κ1) is 15.5. The molecule has 0 bridgehead atoms. The second-order valence-electron chi connectivity index (χ2n) is 6.01. The summed E-state index contributed by atoms with van der Waals surface area (Å²) in [6.07, 6.45) is 1.24. The molecule has 0 aliphatic heterocycles. The Hall–Kier alpha value is -2.37. The number of carbonyl (C=O) groups excluding carboxylic acids is 1. The number of nitrogens with one attached hydrogen (secondary N) is 1. The van der Waals surface area contributed by atoms with Crippen molar-refractivity contribution in [1.29, 1.82) is 0 Å². The Balaban J connectivity index is 1.55. The van der Waals surface area contributed by atoms with Gasteiger partial charge in [-0.3, -0.25) is 4.79 Å². The molecule has 122 valence electrons. The van der Waals surface area contributed by atoms with Gasteiger partial charge < -0.3 is 14.6 Å². The zero-order valence-corrected chi connectivity index (χ0v) is 13.1. The highest BCUT2D eigenvalue weighted by Crippen LogP contribution is 2.48. The molecule has 0 saturated heterocycles. The second-order valence-corrected chi connectivity index (χ2v) is 6.01. The van der Waals surface area contributed by atoms with Crippen molar-refractivity contribution < 1.29 is 18.4 Å². The van der Waals surface area contributed by atoms with E-state index < -0.39 is 5.41 Å². The second kappa shape index (κ2) is 6.02. The smallest absolute Gasteiger partial charge is 0.234 e. The van der Waals surface area contributed by atoms with Gasteiger partial charge in [-0.15, -0.1) is 0 Å². The Morgan fingerprint density at radius 3 is 2.87 bits per heavy atom. The van der Waals surface area contributed by atoms with Crippen LogP contribution in [0.5, 0.6) is 5.75 Å². The van der Waals surface area contributed by atoms with Crippen LogP contribution in [0.15, 0.2) is 34.9 Å². The Bertz CT molecular complexity index is 709. The monoisotopic (exact) mass is 318 g/mol. The van der Waals surface area contributed by atoms with E-state index >= 15 is 0 Å². The summed E-state index contributed by atoms with van der Waals surface area (Å²) in [5, 5.41) is 6.73. The maximum Gasteiger partial charge on any atom is 0.234 e. The number of carbonyl (C=O) groups is 1. The minimum Gasteiger partial charge on any atom is -0.489 e. The van der Waals surface area contributed by atoms with Crippen molar-refractivity contribution in [3.8, 4) is 5.75 Å². The molecule has 1 aromatic heterocycles. The van der Waals surface area contributed by atoms with Gasteiger partial charge in [0.05, 0.1) is 12.2 Å². The van der Waals surface area contributed by atoms with E-state index in [0.29, 0.717) is 18.1 Å². The van der Waals surface area contributed by atoms with E-state index in [1.54, 1.807) is 18.2 Å². The number of hydrogen-bond acceptors (Lipinski definition) is 4. The summed E-state index contributed by atoms with van der Waals surface area (Å²) in [5.74, 6) is 0.629. The highest BCUT2D eigenvalue weighted by molar-refractivity contribution is 5.90. The largest absolute Gasteiger partial charge is 0.489 e. The quantitative estimate of drug-likeness (QED) is 0.889. The molecule has 1 amide bonds. The summed E-state index contributed by atoms with van der Waals surface area (Å²) in [6, 6.07) is 7.75. The molecule has 0 spiro atoms. The first-order valence-electron chi connectivity index (χ1n) is 7.64. The fraction of sp³-hybridized carbons (Fsp3) is 0.412. The Labute approximate surface area is 133 Å². The number of aromatic nitrogens is 1. The number of nitrogens with zero attached hydrogens (tertiary/aromatic N) is 1. The van der Waals surface area contributed by atoms with Gasteiger partial charge in [-0.05, 0) is 38.8 Å². The van der Waals surface area contributed by atoms with Crippen molar-refractivity contribution in [2.24, 2.45) is 0 Å². The third-order valence-corrected chi connectivity index (χ3v) is 3.97. The number of amides is 1. The lowest BCUT2D eigenvalue weighted by Crippen LogP contribution is -2.39. The van der Waals surface area contributed by atoms with Crippen molar-refractivity contribution in [3.05, 3.63) is 47.6 Å². The van der Waals surface area contributed by atoms with Gasteiger partial charge >= 0.3 is 0 Å². The average molecular weight is 318 g/mol. The van der Waals surface area contributed by atoms with Crippen LogP contribution in [0.25, 0.3) is 0 Å². The van der Waals surface area contributed by atoms with Crippen LogP contribution < -0.4 is 10.1 Å². The molecule has 5 nitrogen and oxygen atoms in total. The van der Waals surface area contributed by atoms with Gasteiger partial charge in [0.1, 0.15) is 23.1 Å². The summed E-state index contributed by atoms with van der Waals surface area (Å²) in [5.41, 5.74) is 0.182. The molecule has 1 N–H and O–H groups in total. The lowest BCUT2D eigenvalue weighted by molar-refractivity contribution is -0.124. The SMILES string of the molecule is Cc1cc(C2(C(=O)NCC(C)Oc3cccc(F)c3)CC2)on1. The number of hydrogen-bond donors (Lipinski definition) is 1. The van der Waals surface area contributed by atoms with E-state index in [4.69, 9.17) is 9.26 Å². The molecular weight excluding hydrogens is 299 g/mol. The first-order valence-corrected chi connectivity index (χ1v) is 7.64. The molecule has 1 aromatic carbocycles. The topological polar surface area (TPSA) is 64.4 Å². The van der Waals surface area contributed by atoms with Crippen LogP contribution in [0.2, 0.25) is 0 Å². The van der Waals surface area contributed by atoms with E-state index in [2.05, 4.69) is 10.5 Å². The maximum absolute atomic E-state index is 13.1. The summed E-state index contributed by atoms with van der Waals surface area (Å²) in [7, 11) is 0. The molecule has 23 heavy (non-hydrogen) atoms. The number of halogens is 1. The van der Waals surface area contributed by atoms with E-state index in [0.717, 1.165) is 18.5 Å². The molecule has 1 fully saturated rings.